The fourth-order valence-electron chi connectivity index (χ4n) is 3.44. The first-order valence-corrected chi connectivity index (χ1v) is 8.45. The lowest BCUT2D eigenvalue weighted by molar-refractivity contribution is -0.136. The van der Waals surface area contributed by atoms with E-state index in [-0.39, 0.29) is 18.2 Å². The Balaban J connectivity index is 1.63. The lowest BCUT2D eigenvalue weighted by Crippen LogP contribution is -2.52. The highest BCUT2D eigenvalue weighted by Gasteiger charge is 2.39. The zero-order valence-electron chi connectivity index (χ0n) is 14.3. The number of anilines is 1. The number of nitrogen functional groups attached to an aromatic ring is 1. The average molecular weight is 350 g/mol. The number of fused-ring (bicyclic) bond motifs is 1. The van der Waals surface area contributed by atoms with Crippen LogP contribution in [0.3, 0.4) is 0 Å². The summed E-state index contributed by atoms with van der Waals surface area (Å²) in [7, 11) is 0. The predicted octanol–water partition coefficient (Wildman–Crippen LogP) is 1.40. The number of hydrogen-bond donors (Lipinski definition) is 2. The number of aromatic nitrogens is 1. The number of nitrogens with zero attached hydrogens (tertiary/aromatic N) is 2. The molecule has 0 radical (unpaired) electrons. The Morgan fingerprint density at radius 3 is 2.73 bits per heavy atom. The Morgan fingerprint density at radius 2 is 2.00 bits per heavy atom. The molecule has 1 aromatic heterocycles. The van der Waals surface area contributed by atoms with Crippen molar-refractivity contribution in [1.82, 2.24) is 15.2 Å². The molecule has 7 nitrogen and oxygen atoms in total. The van der Waals surface area contributed by atoms with Crippen molar-refractivity contribution in [3.8, 4) is 11.3 Å². The number of pyridine rings is 1. The Bertz CT molecular complexity index is 954. The van der Waals surface area contributed by atoms with Crippen molar-refractivity contribution >= 4 is 23.5 Å². The minimum Gasteiger partial charge on any atom is -0.383 e. The third-order valence-corrected chi connectivity index (χ3v) is 4.96. The van der Waals surface area contributed by atoms with Crippen LogP contribution in [0.2, 0.25) is 0 Å². The van der Waals surface area contributed by atoms with Gasteiger partial charge in [0.2, 0.25) is 11.8 Å². The van der Waals surface area contributed by atoms with Gasteiger partial charge in [-0.3, -0.25) is 19.7 Å². The van der Waals surface area contributed by atoms with Gasteiger partial charge in [0.1, 0.15) is 11.9 Å². The van der Waals surface area contributed by atoms with Gasteiger partial charge in [-0.05, 0) is 42.7 Å². The fourth-order valence-corrected chi connectivity index (χ4v) is 3.44. The SMILES string of the molecule is Cc1ccc(-c2ccc3c(c2)CN(C2CCC(=O)NC2=O)C3=O)nc1N. The van der Waals surface area contributed by atoms with Gasteiger partial charge in [-0.15, -0.1) is 0 Å². The number of carbonyl (C=O) groups excluding carboxylic acids is 3. The van der Waals surface area contributed by atoms with Crippen LogP contribution in [0.4, 0.5) is 5.82 Å². The van der Waals surface area contributed by atoms with Gasteiger partial charge < -0.3 is 10.6 Å². The lowest BCUT2D eigenvalue weighted by atomic mass is 10.0. The number of amides is 3. The van der Waals surface area contributed by atoms with Crippen molar-refractivity contribution < 1.29 is 14.4 Å². The normalized spacial score (nSPS) is 19.5. The minimum absolute atomic E-state index is 0.183. The summed E-state index contributed by atoms with van der Waals surface area (Å²) in [5.74, 6) is -0.405. The molecule has 0 aliphatic carbocycles. The predicted molar refractivity (Wildman–Crippen MR) is 94.9 cm³/mol. The summed E-state index contributed by atoms with van der Waals surface area (Å²) < 4.78 is 0. The smallest absolute Gasteiger partial charge is 0.255 e. The highest BCUT2D eigenvalue weighted by Crippen LogP contribution is 2.31. The van der Waals surface area contributed by atoms with E-state index in [1.54, 1.807) is 6.07 Å². The molecule has 26 heavy (non-hydrogen) atoms. The maximum atomic E-state index is 12.7. The number of carbonyl (C=O) groups is 3. The Morgan fingerprint density at radius 1 is 1.19 bits per heavy atom. The number of hydrogen-bond acceptors (Lipinski definition) is 5. The molecule has 2 aliphatic heterocycles. The van der Waals surface area contributed by atoms with Gasteiger partial charge >= 0.3 is 0 Å². The maximum absolute atomic E-state index is 12.7. The average Bonchev–Trinajstić information content (AvgIpc) is 2.93. The van der Waals surface area contributed by atoms with E-state index in [2.05, 4.69) is 10.3 Å². The van der Waals surface area contributed by atoms with E-state index < -0.39 is 11.9 Å². The summed E-state index contributed by atoms with van der Waals surface area (Å²) in [6.07, 6.45) is 0.599. The minimum atomic E-state index is -0.607. The number of rotatable bonds is 2. The largest absolute Gasteiger partial charge is 0.383 e. The van der Waals surface area contributed by atoms with E-state index >= 15 is 0 Å². The van der Waals surface area contributed by atoms with Gasteiger partial charge in [-0.1, -0.05) is 12.1 Å². The second-order valence-corrected chi connectivity index (χ2v) is 6.67. The molecule has 1 atom stereocenters. The zero-order chi connectivity index (χ0) is 18.4. The van der Waals surface area contributed by atoms with E-state index in [1.165, 1.54) is 4.90 Å². The number of nitrogens with one attached hydrogen (secondary N) is 1. The molecular weight excluding hydrogens is 332 g/mol. The molecule has 1 fully saturated rings. The van der Waals surface area contributed by atoms with Crippen LogP contribution in [0.1, 0.15) is 34.3 Å². The van der Waals surface area contributed by atoms with Crippen LogP contribution in [-0.4, -0.2) is 33.6 Å². The molecule has 0 saturated carbocycles. The van der Waals surface area contributed by atoms with Crippen molar-refractivity contribution in [1.29, 1.82) is 0 Å². The van der Waals surface area contributed by atoms with Crippen molar-refractivity contribution in [2.75, 3.05) is 5.73 Å². The maximum Gasteiger partial charge on any atom is 0.255 e. The number of benzene rings is 1. The van der Waals surface area contributed by atoms with E-state index in [1.807, 2.05) is 31.2 Å². The Labute approximate surface area is 150 Å². The standard InChI is InChI=1S/C19H18N4O3/c1-10-2-5-14(21-17(10)20)11-3-4-13-12(8-11)9-23(19(13)26)15-6-7-16(24)22-18(15)25/h2-5,8,15H,6-7,9H2,1H3,(H2,20,21)(H,22,24,25). The number of aryl methyl sites for hydroxylation is 1. The van der Waals surface area contributed by atoms with Crippen LogP contribution in [0.25, 0.3) is 11.3 Å². The van der Waals surface area contributed by atoms with E-state index in [0.29, 0.717) is 24.3 Å². The number of imide groups is 1. The third kappa shape index (κ3) is 2.61. The van der Waals surface area contributed by atoms with Gasteiger partial charge in [0.25, 0.3) is 5.91 Å². The van der Waals surface area contributed by atoms with Crippen molar-refractivity contribution in [3.63, 3.8) is 0 Å². The monoisotopic (exact) mass is 350 g/mol. The van der Waals surface area contributed by atoms with Gasteiger partial charge in [0.15, 0.2) is 0 Å². The van der Waals surface area contributed by atoms with Crippen LogP contribution in [0, 0.1) is 6.92 Å². The van der Waals surface area contributed by atoms with Crippen LogP contribution in [-0.2, 0) is 16.1 Å². The summed E-state index contributed by atoms with van der Waals surface area (Å²) in [5.41, 5.74) is 9.84. The topological polar surface area (TPSA) is 105 Å². The van der Waals surface area contributed by atoms with Gasteiger partial charge in [0, 0.05) is 24.1 Å². The molecule has 4 rings (SSSR count). The lowest BCUT2D eigenvalue weighted by Gasteiger charge is -2.29. The quantitative estimate of drug-likeness (QED) is 0.797. The molecule has 1 saturated heterocycles. The third-order valence-electron chi connectivity index (χ3n) is 4.96. The molecule has 2 aliphatic rings. The Kier molecular flexibility index (Phi) is 3.72. The van der Waals surface area contributed by atoms with E-state index in [4.69, 9.17) is 5.73 Å². The molecule has 3 amide bonds. The van der Waals surface area contributed by atoms with Crippen LogP contribution >= 0.6 is 0 Å². The first kappa shape index (κ1) is 16.3. The van der Waals surface area contributed by atoms with Crippen molar-refractivity contribution in [2.45, 2.75) is 32.4 Å². The molecule has 1 unspecified atom stereocenters. The first-order chi connectivity index (χ1) is 12.4. The number of nitrogens with two attached hydrogens (primary N) is 1. The molecule has 132 valence electrons. The summed E-state index contributed by atoms with van der Waals surface area (Å²) in [6.45, 7) is 2.24. The first-order valence-electron chi connectivity index (χ1n) is 8.45. The van der Waals surface area contributed by atoms with Gasteiger partial charge in [-0.2, -0.15) is 0 Å². The fraction of sp³-hybridized carbons (Fsp3) is 0.263. The van der Waals surface area contributed by atoms with Crippen LogP contribution in [0.5, 0.6) is 0 Å². The van der Waals surface area contributed by atoms with E-state index in [9.17, 15) is 14.4 Å². The highest BCUT2D eigenvalue weighted by atomic mass is 16.2. The van der Waals surface area contributed by atoms with Gasteiger partial charge in [0.05, 0.1) is 5.69 Å². The molecule has 3 heterocycles. The summed E-state index contributed by atoms with van der Waals surface area (Å²) in [5, 5.41) is 2.31. The summed E-state index contributed by atoms with van der Waals surface area (Å²) in [6, 6.07) is 8.70. The van der Waals surface area contributed by atoms with Gasteiger partial charge in [-0.25, -0.2) is 4.98 Å². The molecule has 0 spiro atoms. The molecule has 3 N–H and O–H groups in total. The highest BCUT2D eigenvalue weighted by molar-refractivity contribution is 6.05. The van der Waals surface area contributed by atoms with E-state index in [0.717, 1.165) is 22.4 Å². The summed E-state index contributed by atoms with van der Waals surface area (Å²) >= 11 is 0. The van der Waals surface area contributed by atoms with Crippen LogP contribution in [0.15, 0.2) is 30.3 Å². The molecule has 7 heteroatoms. The van der Waals surface area contributed by atoms with Crippen molar-refractivity contribution in [3.05, 3.63) is 47.0 Å². The number of piperidine rings is 1. The second kappa shape index (κ2) is 5.94. The zero-order valence-corrected chi connectivity index (χ0v) is 14.3. The van der Waals surface area contributed by atoms with Crippen LogP contribution < -0.4 is 11.1 Å². The molecule has 2 aromatic rings. The summed E-state index contributed by atoms with van der Waals surface area (Å²) in [4.78, 5) is 42.1. The molecular formula is C19H18N4O3. The second-order valence-electron chi connectivity index (χ2n) is 6.67. The Hall–Kier alpha value is -3.22. The molecule has 0 bridgehead atoms. The molecule has 1 aromatic carbocycles. The van der Waals surface area contributed by atoms with Crippen molar-refractivity contribution in [2.24, 2.45) is 0 Å².